The second kappa shape index (κ2) is 7.51. The molecule has 0 nitrogen and oxygen atoms in total. The topological polar surface area (TPSA) is 0 Å². The Hall–Kier alpha value is 0.700. The number of hydrogen-bond donors (Lipinski definition) is 0. The molecule has 0 amide bonds. The smallest absolute Gasteiger partial charge is 0.0155 e. The molecule has 0 radical (unpaired) electrons. The summed E-state index contributed by atoms with van der Waals surface area (Å²) in [6.45, 7) is 27.5. The van der Waals surface area contributed by atoms with Gasteiger partial charge in [0.2, 0.25) is 0 Å². The number of rotatable bonds is 4. The maximum Gasteiger partial charge on any atom is 0.0155 e. The van der Waals surface area contributed by atoms with Gasteiger partial charge in [0, 0.05) is 5.25 Å². The van der Waals surface area contributed by atoms with Gasteiger partial charge >= 0.3 is 0 Å². The fraction of sp³-hybridized carbons (Fsp3) is 1.00. The molecule has 0 N–H and O–H groups in total. The summed E-state index contributed by atoms with van der Waals surface area (Å²) in [5, 5.41) is 0.771. The van der Waals surface area contributed by atoms with Crippen LogP contribution in [0.3, 0.4) is 0 Å². The monoisotopic (exact) mass is 398 g/mol. The van der Waals surface area contributed by atoms with Gasteiger partial charge in [-0.3, -0.25) is 0 Å². The Morgan fingerprint density at radius 1 is 0.846 bits per heavy atom. The molecule has 2 heterocycles. The van der Waals surface area contributed by atoms with E-state index in [1.807, 2.05) is 0 Å². The second-order valence-corrected chi connectivity index (χ2v) is 14.8. The van der Waals surface area contributed by atoms with Crippen LogP contribution in [-0.2, 0) is 0 Å². The molecule has 2 heteroatoms. The maximum absolute atomic E-state index is 2.62. The van der Waals surface area contributed by atoms with Gasteiger partial charge in [-0.05, 0) is 69.0 Å². The molecule has 0 aromatic heterocycles. The Morgan fingerprint density at radius 2 is 1.38 bits per heavy atom. The Balaban J connectivity index is 2.25. The third-order valence-corrected chi connectivity index (χ3v) is 11.2. The molecule has 0 aromatic rings. The van der Waals surface area contributed by atoms with Crippen LogP contribution in [0.4, 0.5) is 0 Å². The first-order chi connectivity index (χ1) is 11.6. The molecule has 0 aromatic carbocycles. The van der Waals surface area contributed by atoms with Crippen molar-refractivity contribution in [2.75, 3.05) is 17.3 Å². The summed E-state index contributed by atoms with van der Waals surface area (Å²) in [7, 11) is 0. The van der Waals surface area contributed by atoms with Crippen LogP contribution in [0.1, 0.15) is 82.6 Å². The van der Waals surface area contributed by atoms with Gasteiger partial charge in [-0.15, -0.1) is 0 Å². The van der Waals surface area contributed by atoms with Crippen LogP contribution in [0, 0.1) is 45.3 Å². The highest BCUT2D eigenvalue weighted by Crippen LogP contribution is 2.61. The van der Waals surface area contributed by atoms with E-state index >= 15 is 0 Å². The zero-order chi connectivity index (χ0) is 20.1. The summed E-state index contributed by atoms with van der Waals surface area (Å²) in [4.78, 5) is 0. The summed E-state index contributed by atoms with van der Waals surface area (Å²) >= 11 is 4.48. The highest BCUT2D eigenvalue weighted by molar-refractivity contribution is 8.00. The lowest BCUT2D eigenvalue weighted by molar-refractivity contribution is 0.0271. The highest BCUT2D eigenvalue weighted by atomic mass is 32.2. The largest absolute Gasteiger partial charge is 0.161 e. The van der Waals surface area contributed by atoms with Crippen LogP contribution in [0.5, 0.6) is 0 Å². The molecule has 2 saturated heterocycles. The zero-order valence-electron chi connectivity index (χ0n) is 19.5. The van der Waals surface area contributed by atoms with Crippen LogP contribution >= 0.6 is 23.5 Å². The lowest BCUT2D eigenvalue weighted by atomic mass is 9.56. The van der Waals surface area contributed by atoms with Gasteiger partial charge in [-0.2, -0.15) is 23.5 Å². The molecule has 5 atom stereocenters. The van der Waals surface area contributed by atoms with E-state index < -0.39 is 0 Å². The molecule has 2 rings (SSSR count). The third-order valence-electron chi connectivity index (χ3n) is 7.91. The van der Waals surface area contributed by atoms with Crippen molar-refractivity contribution in [3.8, 4) is 0 Å². The number of thioether (sulfide) groups is 2. The van der Waals surface area contributed by atoms with Crippen molar-refractivity contribution in [2.24, 2.45) is 45.3 Å². The van der Waals surface area contributed by atoms with Crippen molar-refractivity contribution in [1.82, 2.24) is 0 Å². The van der Waals surface area contributed by atoms with Crippen molar-refractivity contribution in [2.45, 2.75) is 87.8 Å². The predicted molar refractivity (Wildman–Crippen MR) is 124 cm³/mol. The molecule has 0 spiro atoms. The van der Waals surface area contributed by atoms with E-state index in [1.54, 1.807) is 0 Å². The molecule has 26 heavy (non-hydrogen) atoms. The van der Waals surface area contributed by atoms with Gasteiger partial charge in [0.25, 0.3) is 0 Å². The van der Waals surface area contributed by atoms with Crippen LogP contribution in [-0.4, -0.2) is 22.5 Å². The predicted octanol–water partition coefficient (Wildman–Crippen LogP) is 7.87. The Kier molecular flexibility index (Phi) is 6.64. The lowest BCUT2D eigenvalue weighted by Crippen LogP contribution is -2.46. The molecule has 0 aliphatic carbocycles. The van der Waals surface area contributed by atoms with E-state index in [4.69, 9.17) is 0 Å². The fourth-order valence-electron chi connectivity index (χ4n) is 5.99. The van der Waals surface area contributed by atoms with Gasteiger partial charge in [-0.1, -0.05) is 76.2 Å². The van der Waals surface area contributed by atoms with E-state index in [0.29, 0.717) is 21.7 Å². The van der Waals surface area contributed by atoms with E-state index in [0.717, 1.165) is 28.9 Å². The van der Waals surface area contributed by atoms with Crippen molar-refractivity contribution in [1.29, 1.82) is 0 Å². The van der Waals surface area contributed by atoms with Crippen LogP contribution in [0.25, 0.3) is 0 Å². The van der Waals surface area contributed by atoms with Crippen molar-refractivity contribution in [3.63, 3.8) is 0 Å². The number of hydrogen-bond acceptors (Lipinski definition) is 2. The van der Waals surface area contributed by atoms with E-state index in [-0.39, 0.29) is 0 Å². The minimum atomic E-state index is 0.389. The van der Waals surface area contributed by atoms with Crippen LogP contribution < -0.4 is 0 Å². The van der Waals surface area contributed by atoms with Gasteiger partial charge in [0.05, 0.1) is 0 Å². The molecule has 2 aliphatic rings. The van der Waals surface area contributed by atoms with E-state index in [9.17, 15) is 0 Å². The van der Waals surface area contributed by atoms with Crippen molar-refractivity contribution < 1.29 is 0 Å². The normalized spacial score (nSPS) is 36.9. The quantitative estimate of drug-likeness (QED) is 0.472. The molecular formula is C24H46S2. The molecule has 2 aliphatic heterocycles. The highest BCUT2D eigenvalue weighted by Gasteiger charge is 2.55. The van der Waals surface area contributed by atoms with E-state index in [2.05, 4.69) is 99.7 Å². The lowest BCUT2D eigenvalue weighted by Gasteiger charge is -2.49. The summed E-state index contributed by atoms with van der Waals surface area (Å²) in [5.41, 5.74) is 1.71. The second-order valence-electron chi connectivity index (χ2n) is 12.6. The first-order valence-corrected chi connectivity index (χ1v) is 13.0. The summed E-state index contributed by atoms with van der Waals surface area (Å²) in [6, 6.07) is 0. The van der Waals surface area contributed by atoms with E-state index in [1.165, 1.54) is 23.7 Å². The average molecular weight is 399 g/mol. The van der Waals surface area contributed by atoms with Gasteiger partial charge < -0.3 is 0 Å². The summed E-state index contributed by atoms with van der Waals surface area (Å²) < 4.78 is 0. The molecule has 154 valence electrons. The molecular weight excluding hydrogens is 352 g/mol. The minimum absolute atomic E-state index is 0.389. The van der Waals surface area contributed by atoms with Gasteiger partial charge in [0.15, 0.2) is 0 Å². The first kappa shape index (κ1) is 23.0. The molecule has 5 unspecified atom stereocenters. The zero-order valence-corrected chi connectivity index (χ0v) is 21.2. The van der Waals surface area contributed by atoms with Crippen molar-refractivity contribution >= 4 is 23.5 Å². The Bertz CT molecular complexity index is 479. The summed E-state index contributed by atoms with van der Waals surface area (Å²) in [6.07, 6.45) is 1.40. The van der Waals surface area contributed by atoms with Gasteiger partial charge in [-0.25, -0.2) is 0 Å². The average Bonchev–Trinajstić information content (AvgIpc) is 3.04. The standard InChI is InChI=1S/C24H46S2/c1-16(2)24(11)17(13-26-20(24)22(6,7)8)12-23(9,10)19-15-25-14-18(19)21(3,4)5/h16-20H,12-15H2,1-11H3. The fourth-order valence-corrected chi connectivity index (χ4v) is 10.3. The maximum atomic E-state index is 2.62. The van der Waals surface area contributed by atoms with Crippen LogP contribution in [0.2, 0.25) is 0 Å². The van der Waals surface area contributed by atoms with Gasteiger partial charge in [0.1, 0.15) is 0 Å². The SMILES string of the molecule is CC(C)C1(C)C(CC(C)(C)C2CSCC2C(C)(C)C)CSC1C(C)(C)C. The van der Waals surface area contributed by atoms with Crippen molar-refractivity contribution in [3.05, 3.63) is 0 Å². The molecule has 2 fully saturated rings. The molecule has 0 bridgehead atoms. The Morgan fingerprint density at radius 3 is 1.85 bits per heavy atom. The van der Waals surface area contributed by atoms with Crippen LogP contribution in [0.15, 0.2) is 0 Å². The Labute approximate surface area is 173 Å². The summed E-state index contributed by atoms with van der Waals surface area (Å²) in [5.74, 6) is 7.42. The first-order valence-electron chi connectivity index (χ1n) is 10.8. The third kappa shape index (κ3) is 4.32. The molecule has 0 saturated carbocycles. The minimum Gasteiger partial charge on any atom is -0.161 e.